The number of nitrogens with zero attached hydrogens (tertiary/aromatic N) is 5. The molecule has 2 aliphatic rings. The highest BCUT2D eigenvalue weighted by atomic mass is 15.3. The highest BCUT2D eigenvalue weighted by molar-refractivity contribution is 5.81. The van der Waals surface area contributed by atoms with E-state index in [4.69, 9.17) is 10.1 Å². The number of benzene rings is 1. The maximum Gasteiger partial charge on any atom is 0.155 e. The van der Waals surface area contributed by atoms with Gasteiger partial charge in [0.05, 0.1) is 5.69 Å². The van der Waals surface area contributed by atoms with Crippen LogP contribution in [0.3, 0.4) is 0 Å². The first kappa shape index (κ1) is 18.5. The average Bonchev–Trinajstić information content (AvgIpc) is 3.41. The zero-order valence-corrected chi connectivity index (χ0v) is 17.7. The van der Waals surface area contributed by atoms with Crippen molar-refractivity contribution >= 4 is 11.5 Å². The molecule has 0 amide bonds. The number of pyridine rings is 1. The van der Waals surface area contributed by atoms with Gasteiger partial charge in [-0.3, -0.25) is 4.98 Å². The second-order valence-corrected chi connectivity index (χ2v) is 8.69. The third-order valence-electron chi connectivity index (χ3n) is 6.60. The number of fused-ring (bicyclic) bond motifs is 2. The van der Waals surface area contributed by atoms with Crippen LogP contribution in [-0.2, 0) is 0 Å². The molecule has 4 aromatic rings. The van der Waals surface area contributed by atoms with Gasteiger partial charge in [0.15, 0.2) is 5.65 Å². The summed E-state index contributed by atoms with van der Waals surface area (Å²) in [6.45, 7) is 5.24. The fourth-order valence-corrected chi connectivity index (χ4v) is 5.08. The second kappa shape index (κ2) is 7.46. The van der Waals surface area contributed by atoms with Crippen LogP contribution in [0.25, 0.3) is 28.2 Å². The summed E-state index contributed by atoms with van der Waals surface area (Å²) in [5.74, 6) is 1.74. The Labute approximate surface area is 182 Å². The van der Waals surface area contributed by atoms with E-state index in [1.54, 1.807) is 0 Å². The Kier molecular flexibility index (Phi) is 4.46. The number of rotatable bonds is 3. The first-order chi connectivity index (χ1) is 15.3. The van der Waals surface area contributed by atoms with Crippen LogP contribution in [-0.4, -0.2) is 45.3 Å². The normalized spacial score (nSPS) is 20.9. The van der Waals surface area contributed by atoms with Crippen LogP contribution >= 0.6 is 0 Å². The molecule has 6 rings (SSSR count). The van der Waals surface area contributed by atoms with Crippen LogP contribution in [0.1, 0.15) is 18.5 Å². The van der Waals surface area contributed by atoms with Crippen molar-refractivity contribution < 1.29 is 0 Å². The summed E-state index contributed by atoms with van der Waals surface area (Å²) in [4.78, 5) is 11.8. The molecular formula is C25H26N6. The Morgan fingerprint density at radius 3 is 2.74 bits per heavy atom. The number of hydrogen-bond donors (Lipinski definition) is 1. The zero-order valence-electron chi connectivity index (χ0n) is 17.7. The number of hydrogen-bond acceptors (Lipinski definition) is 5. The molecule has 2 fully saturated rings. The van der Waals surface area contributed by atoms with Gasteiger partial charge in [-0.2, -0.15) is 0 Å². The topological polar surface area (TPSA) is 58.4 Å². The summed E-state index contributed by atoms with van der Waals surface area (Å²) in [5, 5.41) is 8.79. The number of nitrogens with one attached hydrogen (secondary N) is 1. The fraction of sp³-hybridized carbons (Fsp3) is 0.320. The van der Waals surface area contributed by atoms with E-state index in [0.717, 1.165) is 65.2 Å². The molecule has 31 heavy (non-hydrogen) atoms. The minimum Gasteiger partial charge on any atom is -0.353 e. The highest BCUT2D eigenvalue weighted by Gasteiger charge is 2.35. The molecule has 0 spiro atoms. The molecule has 1 aromatic carbocycles. The molecule has 2 atom stereocenters. The summed E-state index contributed by atoms with van der Waals surface area (Å²) in [6.07, 6.45) is 4.44. The van der Waals surface area contributed by atoms with Gasteiger partial charge in [-0.1, -0.05) is 30.3 Å². The lowest BCUT2D eigenvalue weighted by atomic mass is 9.94. The van der Waals surface area contributed by atoms with Crippen LogP contribution < -0.4 is 10.2 Å². The quantitative estimate of drug-likeness (QED) is 0.554. The third-order valence-corrected chi connectivity index (χ3v) is 6.60. The van der Waals surface area contributed by atoms with Gasteiger partial charge in [0.1, 0.15) is 11.5 Å². The van der Waals surface area contributed by atoms with Crippen molar-refractivity contribution in [3.8, 4) is 22.5 Å². The smallest absolute Gasteiger partial charge is 0.155 e. The number of aromatic nitrogens is 4. The first-order valence-electron chi connectivity index (χ1n) is 11.1. The highest BCUT2D eigenvalue weighted by Crippen LogP contribution is 2.34. The molecule has 0 saturated carbocycles. The van der Waals surface area contributed by atoms with Crippen molar-refractivity contribution in [2.24, 2.45) is 5.92 Å². The molecular weight excluding hydrogens is 384 g/mol. The van der Waals surface area contributed by atoms with Gasteiger partial charge in [-0.15, -0.1) is 5.10 Å². The molecule has 0 aliphatic carbocycles. The van der Waals surface area contributed by atoms with Crippen LogP contribution in [0, 0.1) is 12.8 Å². The van der Waals surface area contributed by atoms with E-state index in [-0.39, 0.29) is 0 Å². The van der Waals surface area contributed by atoms with Gasteiger partial charge in [0.25, 0.3) is 0 Å². The van der Waals surface area contributed by atoms with Gasteiger partial charge in [-0.05, 0) is 56.5 Å². The van der Waals surface area contributed by atoms with Crippen molar-refractivity contribution in [2.45, 2.75) is 25.8 Å². The molecule has 3 aromatic heterocycles. The van der Waals surface area contributed by atoms with Gasteiger partial charge in [-0.25, -0.2) is 9.50 Å². The van der Waals surface area contributed by atoms with Gasteiger partial charge in [0, 0.05) is 42.1 Å². The maximum absolute atomic E-state index is 5.10. The van der Waals surface area contributed by atoms with Crippen molar-refractivity contribution in [3.63, 3.8) is 0 Å². The van der Waals surface area contributed by atoms with Crippen LogP contribution in [0.4, 0.5) is 5.82 Å². The maximum atomic E-state index is 5.10. The molecule has 1 N–H and O–H groups in total. The predicted molar refractivity (Wildman–Crippen MR) is 123 cm³/mol. The molecule has 0 unspecified atom stereocenters. The minimum absolute atomic E-state index is 0.580. The Morgan fingerprint density at radius 1 is 1.00 bits per heavy atom. The van der Waals surface area contributed by atoms with E-state index < -0.39 is 0 Å². The van der Waals surface area contributed by atoms with Crippen molar-refractivity contribution in [2.75, 3.05) is 24.5 Å². The van der Waals surface area contributed by atoms with Crippen LogP contribution in [0.15, 0.2) is 60.8 Å². The Bertz CT molecular complexity index is 1220. The van der Waals surface area contributed by atoms with Gasteiger partial charge in [0.2, 0.25) is 0 Å². The minimum atomic E-state index is 0.580. The predicted octanol–water partition coefficient (Wildman–Crippen LogP) is 3.95. The monoisotopic (exact) mass is 410 g/mol. The van der Waals surface area contributed by atoms with E-state index >= 15 is 0 Å². The molecule has 6 heteroatoms. The largest absolute Gasteiger partial charge is 0.353 e. The lowest BCUT2D eigenvalue weighted by Crippen LogP contribution is -2.40. The summed E-state index contributed by atoms with van der Waals surface area (Å²) < 4.78 is 2.02. The molecule has 5 heterocycles. The standard InChI is InChI=1S/C25H26N6/c1-17-14-19(11-13-26-17)25-24(18-6-3-2-4-7-18)28-22-9-10-23(29-31(22)25)30-15-20-8-5-12-27-21(20)16-30/h2-4,6-7,9-11,13-14,20-21,27H,5,8,12,15-16H2,1H3/t20-,21+/m0/s1. The van der Waals surface area contributed by atoms with Gasteiger partial charge < -0.3 is 10.2 Å². The van der Waals surface area contributed by atoms with Crippen molar-refractivity contribution in [3.05, 3.63) is 66.5 Å². The lowest BCUT2D eigenvalue weighted by Gasteiger charge is -2.24. The van der Waals surface area contributed by atoms with E-state index in [2.05, 4.69) is 57.7 Å². The van der Waals surface area contributed by atoms with Crippen molar-refractivity contribution in [1.29, 1.82) is 0 Å². The summed E-state index contributed by atoms with van der Waals surface area (Å²) >= 11 is 0. The average molecular weight is 411 g/mol. The summed E-state index contributed by atoms with van der Waals surface area (Å²) in [5.41, 5.74) is 5.99. The first-order valence-corrected chi connectivity index (χ1v) is 11.1. The van der Waals surface area contributed by atoms with Gasteiger partial charge >= 0.3 is 0 Å². The zero-order chi connectivity index (χ0) is 20.8. The SMILES string of the molecule is Cc1cc(-c2c(-c3ccccc3)nc3ccc(N4C[C@@H]5CCCN[C@@H]5C4)nn23)ccn1. The van der Waals surface area contributed by atoms with Crippen LogP contribution in [0.5, 0.6) is 0 Å². The molecule has 2 saturated heterocycles. The summed E-state index contributed by atoms with van der Waals surface area (Å²) in [7, 11) is 0. The van der Waals surface area contributed by atoms with E-state index in [1.165, 1.54) is 12.8 Å². The molecule has 0 radical (unpaired) electrons. The van der Waals surface area contributed by atoms with E-state index in [0.29, 0.717) is 6.04 Å². The number of aryl methyl sites for hydroxylation is 1. The number of anilines is 1. The Balaban J connectivity index is 1.50. The molecule has 6 nitrogen and oxygen atoms in total. The lowest BCUT2D eigenvalue weighted by molar-refractivity contribution is 0.340. The molecule has 0 bridgehead atoms. The van der Waals surface area contributed by atoms with Crippen LogP contribution in [0.2, 0.25) is 0 Å². The Hall–Kier alpha value is -3.25. The molecule has 156 valence electrons. The Morgan fingerprint density at radius 2 is 1.90 bits per heavy atom. The van der Waals surface area contributed by atoms with E-state index in [1.807, 2.05) is 29.8 Å². The fourth-order valence-electron chi connectivity index (χ4n) is 5.08. The number of piperidine rings is 1. The number of imidazole rings is 1. The summed E-state index contributed by atoms with van der Waals surface area (Å²) in [6, 6.07) is 19.3. The second-order valence-electron chi connectivity index (χ2n) is 8.69. The van der Waals surface area contributed by atoms with Crippen molar-refractivity contribution in [1.82, 2.24) is 24.9 Å². The third kappa shape index (κ3) is 3.27. The van der Waals surface area contributed by atoms with E-state index in [9.17, 15) is 0 Å². The molecule has 2 aliphatic heterocycles.